The maximum absolute atomic E-state index is 12.3. The van der Waals surface area contributed by atoms with Gasteiger partial charge in [0.1, 0.15) is 17.9 Å². The molecule has 0 spiro atoms. The second kappa shape index (κ2) is 10.4. The number of nitrogens with zero attached hydrogens (tertiary/aromatic N) is 1. The number of nitrogens with one attached hydrogen (secondary N) is 1. The van der Waals surface area contributed by atoms with Crippen LogP contribution in [-0.2, 0) is 6.61 Å². The third-order valence-corrected chi connectivity index (χ3v) is 6.53. The fourth-order valence-corrected chi connectivity index (χ4v) is 4.87. The van der Waals surface area contributed by atoms with Crippen LogP contribution in [0.5, 0.6) is 5.75 Å². The quantitative estimate of drug-likeness (QED) is 0.129. The lowest BCUT2D eigenvalue weighted by Crippen LogP contribution is -2.16. The van der Waals surface area contributed by atoms with Crippen LogP contribution in [0.15, 0.2) is 79.1 Å². The molecule has 162 valence electrons. The van der Waals surface area contributed by atoms with E-state index < -0.39 is 5.91 Å². The molecule has 5 nitrogen and oxygen atoms in total. The molecule has 0 fully saturated rings. The average Bonchev–Trinajstić information content (AvgIpc) is 3.18. The van der Waals surface area contributed by atoms with Crippen molar-refractivity contribution in [1.29, 1.82) is 0 Å². The predicted octanol–water partition coefficient (Wildman–Crippen LogP) is 7.56. The summed E-state index contributed by atoms with van der Waals surface area (Å²) in [5.74, 6) is 0.385. The molecule has 1 aromatic heterocycles. The van der Waals surface area contributed by atoms with Gasteiger partial charge in [-0.1, -0.05) is 23.7 Å². The molecule has 0 atom stereocenters. The van der Waals surface area contributed by atoms with Crippen molar-refractivity contribution in [3.8, 4) is 5.75 Å². The smallest absolute Gasteiger partial charge is 0.307 e. The van der Waals surface area contributed by atoms with Crippen LogP contribution in [0.2, 0.25) is 5.02 Å². The summed E-state index contributed by atoms with van der Waals surface area (Å²) in [5.41, 5.74) is 4.89. The van der Waals surface area contributed by atoms with Crippen LogP contribution in [0.4, 0.5) is 0 Å². The Hall–Kier alpha value is -1.88. The molecule has 0 saturated carbocycles. The summed E-state index contributed by atoms with van der Waals surface area (Å²) in [6.07, 6.45) is 1.54. The monoisotopic (exact) mass is 686 g/mol. The van der Waals surface area contributed by atoms with Crippen molar-refractivity contribution in [3.05, 3.63) is 95.1 Å². The van der Waals surface area contributed by atoms with E-state index in [2.05, 4.69) is 65.0 Å². The first-order valence-corrected chi connectivity index (χ1v) is 12.3. The van der Waals surface area contributed by atoms with E-state index in [1.54, 1.807) is 24.3 Å². The normalized spacial score (nSPS) is 11.2. The van der Waals surface area contributed by atoms with Gasteiger partial charge in [-0.25, -0.2) is 5.43 Å². The number of halogens is 4. The number of amides is 1. The van der Waals surface area contributed by atoms with Crippen molar-refractivity contribution in [3.63, 3.8) is 0 Å². The number of furan rings is 1. The predicted molar refractivity (Wildman–Crippen MR) is 142 cm³/mol. The number of rotatable bonds is 6. The molecule has 0 bridgehead atoms. The van der Waals surface area contributed by atoms with Crippen molar-refractivity contribution >= 4 is 89.1 Å². The summed E-state index contributed by atoms with van der Waals surface area (Å²) in [4.78, 5) is 12.3. The number of ether oxygens (including phenoxy) is 1. The Morgan fingerprint density at radius 3 is 2.53 bits per heavy atom. The SMILES string of the molecule is O=C(N/N=C/c1cc(Br)c(OCc2ccc(I)cc2)c(Br)c1)c1cc2cc(Cl)ccc2o1. The van der Waals surface area contributed by atoms with Gasteiger partial charge >= 0.3 is 5.91 Å². The molecular weight excluding hydrogens is 674 g/mol. The number of fused-ring (bicyclic) bond motifs is 1. The van der Waals surface area contributed by atoms with Crippen molar-refractivity contribution < 1.29 is 13.9 Å². The van der Waals surface area contributed by atoms with Crippen molar-refractivity contribution in [1.82, 2.24) is 5.43 Å². The number of carbonyl (C=O) groups is 1. The molecule has 9 heteroatoms. The van der Waals surface area contributed by atoms with Gasteiger partial charge in [0, 0.05) is 14.0 Å². The minimum atomic E-state index is -0.454. The third kappa shape index (κ3) is 5.72. The van der Waals surface area contributed by atoms with Gasteiger partial charge in [0.05, 0.1) is 15.2 Å². The highest BCUT2D eigenvalue weighted by Gasteiger charge is 2.12. The van der Waals surface area contributed by atoms with E-state index in [0.29, 0.717) is 23.0 Å². The Balaban J connectivity index is 1.41. The maximum Gasteiger partial charge on any atom is 0.307 e. The summed E-state index contributed by atoms with van der Waals surface area (Å²) in [6, 6.07) is 18.6. The van der Waals surface area contributed by atoms with Gasteiger partial charge in [0.25, 0.3) is 0 Å². The molecule has 32 heavy (non-hydrogen) atoms. The minimum absolute atomic E-state index is 0.154. The van der Waals surface area contributed by atoms with Gasteiger partial charge in [-0.3, -0.25) is 4.79 Å². The zero-order valence-electron chi connectivity index (χ0n) is 16.2. The van der Waals surface area contributed by atoms with Gasteiger partial charge in [-0.15, -0.1) is 0 Å². The van der Waals surface area contributed by atoms with Crippen LogP contribution in [0, 0.1) is 3.57 Å². The second-order valence-corrected chi connectivity index (χ2v) is 10.1. The molecule has 0 aliphatic carbocycles. The maximum atomic E-state index is 12.3. The molecule has 0 aliphatic heterocycles. The summed E-state index contributed by atoms with van der Waals surface area (Å²) in [7, 11) is 0. The summed E-state index contributed by atoms with van der Waals surface area (Å²) in [5, 5.41) is 5.35. The molecule has 4 aromatic rings. The first-order chi connectivity index (χ1) is 15.4. The van der Waals surface area contributed by atoms with Gasteiger partial charge in [-0.2, -0.15) is 5.10 Å². The van der Waals surface area contributed by atoms with Crippen LogP contribution < -0.4 is 10.2 Å². The molecule has 1 N–H and O–H groups in total. The van der Waals surface area contributed by atoms with Crippen LogP contribution in [0.1, 0.15) is 21.7 Å². The lowest BCUT2D eigenvalue weighted by molar-refractivity contribution is 0.0929. The standard InChI is InChI=1S/C23H14Br2ClIN2O3/c24-18-7-14(8-19(25)22(18)31-12-13-1-4-17(27)5-2-13)11-28-29-23(30)21-10-15-9-16(26)3-6-20(15)32-21/h1-11H,12H2,(H,29,30)/b28-11+. The summed E-state index contributed by atoms with van der Waals surface area (Å²) in [6.45, 7) is 0.445. The molecule has 0 aliphatic rings. The molecular formula is C23H14Br2ClIN2O3. The Kier molecular flexibility index (Phi) is 7.55. The van der Waals surface area contributed by atoms with E-state index >= 15 is 0 Å². The van der Waals surface area contributed by atoms with Crippen LogP contribution in [0.25, 0.3) is 11.0 Å². The van der Waals surface area contributed by atoms with Gasteiger partial charge in [0.15, 0.2) is 5.76 Å². The van der Waals surface area contributed by atoms with E-state index in [1.165, 1.54) is 9.78 Å². The molecule has 0 unspecified atom stereocenters. The fraction of sp³-hybridized carbons (Fsp3) is 0.0435. The first kappa shape index (κ1) is 23.3. The van der Waals surface area contributed by atoms with Crippen LogP contribution >= 0.6 is 66.1 Å². The molecule has 4 rings (SSSR count). The first-order valence-electron chi connectivity index (χ1n) is 9.28. The van der Waals surface area contributed by atoms with Gasteiger partial charge < -0.3 is 9.15 Å². The highest BCUT2D eigenvalue weighted by atomic mass is 127. The van der Waals surface area contributed by atoms with Crippen molar-refractivity contribution in [2.45, 2.75) is 6.61 Å². The van der Waals surface area contributed by atoms with Gasteiger partial charge in [-0.05, 0) is 114 Å². The molecule has 1 heterocycles. The fourth-order valence-electron chi connectivity index (χ4n) is 2.87. The van der Waals surface area contributed by atoms with Crippen molar-refractivity contribution in [2.75, 3.05) is 0 Å². The molecule has 3 aromatic carbocycles. The van der Waals surface area contributed by atoms with E-state index in [9.17, 15) is 4.79 Å². The zero-order chi connectivity index (χ0) is 22.7. The van der Waals surface area contributed by atoms with Crippen molar-refractivity contribution in [2.24, 2.45) is 5.10 Å². The number of hydrogen-bond acceptors (Lipinski definition) is 4. The summed E-state index contributed by atoms with van der Waals surface area (Å²) < 4.78 is 14.2. The highest BCUT2D eigenvalue weighted by molar-refractivity contribution is 14.1. The van der Waals surface area contributed by atoms with Crippen LogP contribution in [0.3, 0.4) is 0 Å². The Morgan fingerprint density at radius 1 is 1.09 bits per heavy atom. The van der Waals surface area contributed by atoms with Crippen LogP contribution in [-0.4, -0.2) is 12.1 Å². The van der Waals surface area contributed by atoms with E-state index in [0.717, 1.165) is 25.5 Å². The number of carbonyl (C=O) groups excluding carboxylic acids is 1. The Morgan fingerprint density at radius 2 is 1.81 bits per heavy atom. The zero-order valence-corrected chi connectivity index (χ0v) is 22.3. The highest BCUT2D eigenvalue weighted by Crippen LogP contribution is 2.35. The molecule has 1 amide bonds. The molecule has 0 saturated heterocycles. The topological polar surface area (TPSA) is 63.8 Å². The Labute approximate surface area is 219 Å². The average molecular weight is 689 g/mol. The second-order valence-electron chi connectivity index (χ2n) is 6.72. The van der Waals surface area contributed by atoms with E-state index in [4.69, 9.17) is 20.8 Å². The van der Waals surface area contributed by atoms with Gasteiger partial charge in [0.2, 0.25) is 0 Å². The largest absolute Gasteiger partial charge is 0.487 e. The Bertz CT molecular complexity index is 1300. The third-order valence-electron chi connectivity index (χ3n) is 4.40. The van der Waals surface area contributed by atoms with E-state index in [1.807, 2.05) is 36.4 Å². The lowest BCUT2D eigenvalue weighted by atomic mass is 10.2. The molecule has 0 radical (unpaired) electrons. The minimum Gasteiger partial charge on any atom is -0.487 e. The number of hydrogen-bond donors (Lipinski definition) is 1. The van der Waals surface area contributed by atoms with E-state index in [-0.39, 0.29) is 5.76 Å². The number of hydrazone groups is 1. The summed E-state index contributed by atoms with van der Waals surface area (Å²) >= 11 is 15.3. The number of benzene rings is 3. The lowest BCUT2D eigenvalue weighted by Gasteiger charge is -2.11.